The lowest BCUT2D eigenvalue weighted by atomic mass is 10.2. The smallest absolute Gasteiger partial charge is 0.0205 e. The van der Waals surface area contributed by atoms with Crippen molar-refractivity contribution in [2.75, 3.05) is 6.54 Å². The van der Waals surface area contributed by atoms with E-state index in [2.05, 4.69) is 52.4 Å². The SMILES string of the molecule is C[C@@H]1C[C@@H]1CNCc1ccc(Br)cc1. The van der Waals surface area contributed by atoms with Gasteiger partial charge in [0.1, 0.15) is 0 Å². The molecule has 0 unspecified atom stereocenters. The normalized spacial score (nSPS) is 25.0. The predicted octanol–water partition coefficient (Wildman–Crippen LogP) is 3.19. The van der Waals surface area contributed by atoms with Crippen LogP contribution in [-0.2, 0) is 6.54 Å². The molecule has 1 nitrogen and oxygen atoms in total. The van der Waals surface area contributed by atoms with Gasteiger partial charge in [0.05, 0.1) is 0 Å². The van der Waals surface area contributed by atoms with Crippen LogP contribution in [0.5, 0.6) is 0 Å². The average Bonchev–Trinajstić information content (AvgIpc) is 2.86. The molecule has 0 saturated heterocycles. The molecule has 0 spiro atoms. The maximum Gasteiger partial charge on any atom is 0.0205 e. The van der Waals surface area contributed by atoms with Gasteiger partial charge in [-0.1, -0.05) is 35.0 Å². The van der Waals surface area contributed by atoms with Gasteiger partial charge >= 0.3 is 0 Å². The van der Waals surface area contributed by atoms with Crippen LogP contribution in [0.25, 0.3) is 0 Å². The second-order valence-electron chi connectivity index (χ2n) is 4.23. The van der Waals surface area contributed by atoms with Crippen molar-refractivity contribution in [1.82, 2.24) is 5.32 Å². The Bertz CT molecular complexity index is 294. The molecular weight excluding hydrogens is 238 g/mol. The van der Waals surface area contributed by atoms with E-state index in [1.165, 1.54) is 18.5 Å². The molecule has 1 aromatic rings. The van der Waals surface area contributed by atoms with Gasteiger partial charge in [-0.2, -0.15) is 0 Å². The molecule has 2 atom stereocenters. The van der Waals surface area contributed by atoms with Crippen molar-refractivity contribution in [3.8, 4) is 0 Å². The molecule has 14 heavy (non-hydrogen) atoms. The summed E-state index contributed by atoms with van der Waals surface area (Å²) < 4.78 is 1.15. The molecule has 2 rings (SSSR count). The maximum absolute atomic E-state index is 3.50. The Morgan fingerprint density at radius 3 is 2.57 bits per heavy atom. The molecule has 0 radical (unpaired) electrons. The highest BCUT2D eigenvalue weighted by atomic mass is 79.9. The lowest BCUT2D eigenvalue weighted by molar-refractivity contribution is 0.612. The maximum atomic E-state index is 3.50. The van der Waals surface area contributed by atoms with E-state index in [0.29, 0.717) is 0 Å². The molecule has 1 aromatic carbocycles. The molecule has 0 bridgehead atoms. The van der Waals surface area contributed by atoms with E-state index < -0.39 is 0 Å². The average molecular weight is 254 g/mol. The summed E-state index contributed by atoms with van der Waals surface area (Å²) in [7, 11) is 0. The Kier molecular flexibility index (Phi) is 3.24. The summed E-state index contributed by atoms with van der Waals surface area (Å²) in [5.74, 6) is 1.89. The minimum absolute atomic E-state index is 0.936. The van der Waals surface area contributed by atoms with Crippen LogP contribution in [0.15, 0.2) is 28.7 Å². The van der Waals surface area contributed by atoms with E-state index in [9.17, 15) is 0 Å². The van der Waals surface area contributed by atoms with Crippen LogP contribution in [0.3, 0.4) is 0 Å². The van der Waals surface area contributed by atoms with Gasteiger partial charge in [-0.3, -0.25) is 0 Å². The standard InChI is InChI=1S/C12H16BrN/c1-9-6-11(9)8-14-7-10-2-4-12(13)5-3-10/h2-5,9,11,14H,6-8H2,1H3/t9-,11-/m1/s1. The van der Waals surface area contributed by atoms with Crippen molar-refractivity contribution >= 4 is 15.9 Å². The summed E-state index contributed by atoms with van der Waals surface area (Å²) in [6.45, 7) is 4.50. The van der Waals surface area contributed by atoms with Gasteiger partial charge < -0.3 is 5.32 Å². The first-order valence-corrected chi connectivity index (χ1v) is 6.00. The van der Waals surface area contributed by atoms with E-state index in [1.54, 1.807) is 0 Å². The molecule has 1 aliphatic carbocycles. The van der Waals surface area contributed by atoms with Gasteiger partial charge in [0, 0.05) is 11.0 Å². The largest absolute Gasteiger partial charge is 0.312 e. The molecular formula is C12H16BrN. The number of benzene rings is 1. The van der Waals surface area contributed by atoms with Crippen molar-refractivity contribution in [2.24, 2.45) is 11.8 Å². The monoisotopic (exact) mass is 253 g/mol. The van der Waals surface area contributed by atoms with Crippen molar-refractivity contribution in [2.45, 2.75) is 19.9 Å². The number of hydrogen-bond donors (Lipinski definition) is 1. The summed E-state index contributed by atoms with van der Waals surface area (Å²) >= 11 is 3.43. The Morgan fingerprint density at radius 2 is 2.00 bits per heavy atom. The highest BCUT2D eigenvalue weighted by molar-refractivity contribution is 9.10. The number of nitrogens with one attached hydrogen (secondary N) is 1. The van der Waals surface area contributed by atoms with Gasteiger partial charge in [0.25, 0.3) is 0 Å². The van der Waals surface area contributed by atoms with Crippen LogP contribution in [0.2, 0.25) is 0 Å². The van der Waals surface area contributed by atoms with Crippen molar-refractivity contribution < 1.29 is 0 Å². The Hall–Kier alpha value is -0.340. The van der Waals surface area contributed by atoms with Crippen molar-refractivity contribution in [1.29, 1.82) is 0 Å². The van der Waals surface area contributed by atoms with Crippen LogP contribution in [0, 0.1) is 11.8 Å². The third-order valence-electron chi connectivity index (χ3n) is 2.93. The van der Waals surface area contributed by atoms with Gasteiger partial charge in [-0.15, -0.1) is 0 Å². The molecule has 1 N–H and O–H groups in total. The highest BCUT2D eigenvalue weighted by Gasteiger charge is 2.31. The molecule has 0 aromatic heterocycles. The fourth-order valence-electron chi connectivity index (χ4n) is 1.69. The lowest BCUT2D eigenvalue weighted by Crippen LogP contribution is -2.16. The van der Waals surface area contributed by atoms with Crippen molar-refractivity contribution in [3.63, 3.8) is 0 Å². The second-order valence-corrected chi connectivity index (χ2v) is 5.15. The Labute approximate surface area is 94.0 Å². The van der Waals surface area contributed by atoms with E-state index in [-0.39, 0.29) is 0 Å². The zero-order valence-electron chi connectivity index (χ0n) is 8.46. The topological polar surface area (TPSA) is 12.0 Å². The molecule has 0 heterocycles. The Balaban J connectivity index is 1.72. The molecule has 1 saturated carbocycles. The summed E-state index contributed by atoms with van der Waals surface area (Å²) in [5, 5.41) is 3.50. The van der Waals surface area contributed by atoms with Crippen LogP contribution < -0.4 is 5.32 Å². The quantitative estimate of drug-likeness (QED) is 0.870. The first kappa shape index (κ1) is 10.2. The molecule has 1 fully saturated rings. The Morgan fingerprint density at radius 1 is 1.36 bits per heavy atom. The van der Waals surface area contributed by atoms with Crippen LogP contribution in [-0.4, -0.2) is 6.54 Å². The summed E-state index contributed by atoms with van der Waals surface area (Å²) in [6.07, 6.45) is 1.41. The van der Waals surface area contributed by atoms with Gasteiger partial charge in [0.2, 0.25) is 0 Å². The fourth-order valence-corrected chi connectivity index (χ4v) is 1.95. The van der Waals surface area contributed by atoms with E-state index in [1.807, 2.05) is 0 Å². The van der Waals surface area contributed by atoms with Crippen LogP contribution >= 0.6 is 15.9 Å². The predicted molar refractivity (Wildman–Crippen MR) is 63.1 cm³/mol. The number of hydrogen-bond acceptors (Lipinski definition) is 1. The second kappa shape index (κ2) is 4.45. The molecule has 1 aliphatic rings. The van der Waals surface area contributed by atoms with Gasteiger partial charge in [0.15, 0.2) is 0 Å². The molecule has 76 valence electrons. The summed E-state index contributed by atoms with van der Waals surface area (Å²) in [6, 6.07) is 8.51. The highest BCUT2D eigenvalue weighted by Crippen LogP contribution is 2.36. The lowest BCUT2D eigenvalue weighted by Gasteiger charge is -2.03. The van der Waals surface area contributed by atoms with Gasteiger partial charge in [-0.05, 0) is 42.5 Å². The minimum Gasteiger partial charge on any atom is -0.312 e. The number of halogens is 1. The van der Waals surface area contributed by atoms with E-state index in [4.69, 9.17) is 0 Å². The van der Waals surface area contributed by atoms with Crippen LogP contribution in [0.1, 0.15) is 18.9 Å². The summed E-state index contributed by atoms with van der Waals surface area (Å²) in [4.78, 5) is 0. The molecule has 0 amide bonds. The third-order valence-corrected chi connectivity index (χ3v) is 3.45. The molecule has 0 aliphatic heterocycles. The van der Waals surface area contributed by atoms with Crippen molar-refractivity contribution in [3.05, 3.63) is 34.3 Å². The zero-order chi connectivity index (χ0) is 9.97. The zero-order valence-corrected chi connectivity index (χ0v) is 10.0. The minimum atomic E-state index is 0.936. The van der Waals surface area contributed by atoms with E-state index in [0.717, 1.165) is 22.9 Å². The first-order chi connectivity index (χ1) is 6.75. The molecule has 2 heteroatoms. The summed E-state index contributed by atoms with van der Waals surface area (Å²) in [5.41, 5.74) is 1.36. The first-order valence-electron chi connectivity index (χ1n) is 5.21. The third kappa shape index (κ3) is 2.82. The van der Waals surface area contributed by atoms with Gasteiger partial charge in [-0.25, -0.2) is 0 Å². The van der Waals surface area contributed by atoms with Crippen LogP contribution in [0.4, 0.5) is 0 Å². The number of rotatable bonds is 4. The van der Waals surface area contributed by atoms with E-state index >= 15 is 0 Å². The fraction of sp³-hybridized carbons (Fsp3) is 0.500.